The van der Waals surface area contributed by atoms with E-state index < -0.39 is 0 Å². The van der Waals surface area contributed by atoms with Crippen LogP contribution in [-0.2, 0) is 9.59 Å². The molecule has 2 fully saturated rings. The van der Waals surface area contributed by atoms with Crippen molar-refractivity contribution < 1.29 is 9.59 Å². The third-order valence-corrected chi connectivity index (χ3v) is 3.67. The Labute approximate surface area is 120 Å². The first kappa shape index (κ1) is 16.2. The average Bonchev–Trinajstić information content (AvgIpc) is 2.91. The van der Waals surface area contributed by atoms with E-state index in [1.807, 2.05) is 11.8 Å². The fourth-order valence-corrected chi connectivity index (χ4v) is 2.76. The molecule has 19 heavy (non-hydrogen) atoms. The highest BCUT2D eigenvalue weighted by Gasteiger charge is 2.23. The van der Waals surface area contributed by atoms with Gasteiger partial charge in [-0.05, 0) is 32.7 Å². The number of amides is 2. The second-order valence-corrected chi connectivity index (χ2v) is 5.41. The van der Waals surface area contributed by atoms with Crippen LogP contribution in [0.2, 0.25) is 0 Å². The lowest BCUT2D eigenvalue weighted by Gasteiger charge is -2.22. The van der Waals surface area contributed by atoms with Crippen molar-refractivity contribution in [2.24, 2.45) is 0 Å². The predicted molar refractivity (Wildman–Crippen MR) is 76.3 cm³/mol. The molecule has 2 heterocycles. The summed E-state index contributed by atoms with van der Waals surface area (Å²) >= 11 is 0. The van der Waals surface area contributed by atoms with Gasteiger partial charge in [0.15, 0.2) is 0 Å². The predicted octanol–water partition coefficient (Wildman–Crippen LogP) is 0.677. The molecular formula is C13H24ClN3O2. The van der Waals surface area contributed by atoms with Gasteiger partial charge in [0.2, 0.25) is 11.8 Å². The molecule has 110 valence electrons. The van der Waals surface area contributed by atoms with E-state index in [0.717, 1.165) is 32.4 Å². The Balaban J connectivity index is 0.00000180. The van der Waals surface area contributed by atoms with Crippen molar-refractivity contribution in [1.82, 2.24) is 15.5 Å². The first-order valence-electron chi connectivity index (χ1n) is 6.95. The van der Waals surface area contributed by atoms with Gasteiger partial charge in [0.1, 0.15) is 0 Å². The molecule has 2 amide bonds. The summed E-state index contributed by atoms with van der Waals surface area (Å²) in [6, 6.07) is 0.381. The van der Waals surface area contributed by atoms with Crippen molar-refractivity contribution in [3.8, 4) is 0 Å². The van der Waals surface area contributed by atoms with Crippen LogP contribution >= 0.6 is 12.4 Å². The van der Waals surface area contributed by atoms with E-state index in [0.29, 0.717) is 25.4 Å². The number of likely N-dealkylation sites (tertiary alicyclic amines) is 1. The van der Waals surface area contributed by atoms with Crippen LogP contribution in [0.5, 0.6) is 0 Å². The Kier molecular flexibility index (Phi) is 6.58. The van der Waals surface area contributed by atoms with Crippen LogP contribution in [-0.4, -0.2) is 48.4 Å². The average molecular weight is 290 g/mol. The highest BCUT2D eigenvalue weighted by molar-refractivity contribution is 5.85. The number of hydrogen-bond acceptors (Lipinski definition) is 3. The molecule has 5 nitrogen and oxygen atoms in total. The topological polar surface area (TPSA) is 61.4 Å². The zero-order valence-electron chi connectivity index (χ0n) is 11.5. The quantitative estimate of drug-likeness (QED) is 0.782. The Morgan fingerprint density at radius 2 is 2.32 bits per heavy atom. The van der Waals surface area contributed by atoms with Gasteiger partial charge >= 0.3 is 0 Å². The van der Waals surface area contributed by atoms with Crippen LogP contribution < -0.4 is 10.6 Å². The first-order chi connectivity index (χ1) is 8.65. The normalized spacial score (nSPS) is 24.2. The Bertz CT molecular complexity index is 319. The Morgan fingerprint density at radius 3 is 2.89 bits per heavy atom. The third-order valence-electron chi connectivity index (χ3n) is 3.67. The maximum absolute atomic E-state index is 11.8. The fourth-order valence-electron chi connectivity index (χ4n) is 2.76. The molecule has 2 unspecified atom stereocenters. The summed E-state index contributed by atoms with van der Waals surface area (Å²) in [4.78, 5) is 25.1. The summed E-state index contributed by atoms with van der Waals surface area (Å²) in [5, 5.41) is 6.30. The van der Waals surface area contributed by atoms with Gasteiger partial charge in [0.25, 0.3) is 0 Å². The molecule has 0 bridgehead atoms. The van der Waals surface area contributed by atoms with E-state index >= 15 is 0 Å². The van der Waals surface area contributed by atoms with Gasteiger partial charge in [-0.2, -0.15) is 0 Å². The molecule has 2 N–H and O–H groups in total. The largest absolute Gasteiger partial charge is 0.352 e. The highest BCUT2D eigenvalue weighted by Crippen LogP contribution is 2.11. The monoisotopic (exact) mass is 289 g/mol. The molecule has 2 aliphatic rings. The molecule has 2 atom stereocenters. The molecule has 0 saturated carbocycles. The third kappa shape index (κ3) is 4.99. The number of carbonyl (C=O) groups excluding carboxylic acids is 2. The van der Waals surface area contributed by atoms with Crippen molar-refractivity contribution >= 4 is 24.2 Å². The molecule has 0 aromatic carbocycles. The molecule has 6 heteroatoms. The van der Waals surface area contributed by atoms with Crippen LogP contribution in [0.25, 0.3) is 0 Å². The van der Waals surface area contributed by atoms with Gasteiger partial charge in [-0.1, -0.05) is 0 Å². The standard InChI is InChI=1S/C13H23N3O2.ClH/c1-10(9-16-7-3-5-13(16)18)15-12(17)8-11-4-2-6-14-11;/h10-11,14H,2-9H2,1H3,(H,15,17);1H. The number of nitrogens with zero attached hydrogens (tertiary/aromatic N) is 1. The summed E-state index contributed by atoms with van der Waals surface area (Å²) in [7, 11) is 0. The number of carbonyl (C=O) groups is 2. The SMILES string of the molecule is CC(CN1CCCC1=O)NC(=O)CC1CCCN1.Cl. The number of hydrogen-bond donors (Lipinski definition) is 2. The number of nitrogens with one attached hydrogen (secondary N) is 2. The van der Waals surface area contributed by atoms with Crippen molar-refractivity contribution in [2.45, 2.75) is 51.1 Å². The molecule has 2 rings (SSSR count). The molecule has 0 radical (unpaired) electrons. The lowest BCUT2D eigenvalue weighted by Crippen LogP contribution is -2.43. The van der Waals surface area contributed by atoms with E-state index in [-0.39, 0.29) is 30.3 Å². The lowest BCUT2D eigenvalue weighted by atomic mass is 10.1. The number of rotatable bonds is 5. The minimum Gasteiger partial charge on any atom is -0.352 e. The minimum atomic E-state index is 0. The van der Waals surface area contributed by atoms with Gasteiger partial charge in [-0.3, -0.25) is 9.59 Å². The Hall–Kier alpha value is -0.810. The summed E-state index contributed by atoms with van der Waals surface area (Å²) < 4.78 is 0. The van der Waals surface area contributed by atoms with Crippen LogP contribution in [0.3, 0.4) is 0 Å². The zero-order chi connectivity index (χ0) is 13.0. The van der Waals surface area contributed by atoms with E-state index in [4.69, 9.17) is 0 Å². The van der Waals surface area contributed by atoms with Gasteiger partial charge in [0.05, 0.1) is 0 Å². The molecule has 0 aliphatic carbocycles. The van der Waals surface area contributed by atoms with E-state index in [9.17, 15) is 9.59 Å². The maximum atomic E-state index is 11.8. The summed E-state index contributed by atoms with van der Waals surface area (Å²) in [6.07, 6.45) is 4.42. The van der Waals surface area contributed by atoms with Crippen LogP contribution in [0.1, 0.15) is 39.0 Å². The zero-order valence-corrected chi connectivity index (χ0v) is 12.3. The highest BCUT2D eigenvalue weighted by atomic mass is 35.5. The van der Waals surface area contributed by atoms with Crippen LogP contribution in [0.4, 0.5) is 0 Å². The van der Waals surface area contributed by atoms with Gasteiger partial charge in [-0.25, -0.2) is 0 Å². The van der Waals surface area contributed by atoms with Gasteiger partial charge < -0.3 is 15.5 Å². The second-order valence-electron chi connectivity index (χ2n) is 5.41. The molecule has 2 aliphatic heterocycles. The number of halogens is 1. The molecule has 0 spiro atoms. The summed E-state index contributed by atoms with van der Waals surface area (Å²) in [5.41, 5.74) is 0. The molecule has 2 saturated heterocycles. The van der Waals surface area contributed by atoms with Crippen molar-refractivity contribution in [2.75, 3.05) is 19.6 Å². The molecule has 0 aromatic heterocycles. The second kappa shape index (κ2) is 7.70. The van der Waals surface area contributed by atoms with E-state index in [1.54, 1.807) is 0 Å². The van der Waals surface area contributed by atoms with Crippen LogP contribution in [0.15, 0.2) is 0 Å². The van der Waals surface area contributed by atoms with Gasteiger partial charge in [-0.15, -0.1) is 12.4 Å². The van der Waals surface area contributed by atoms with Crippen molar-refractivity contribution in [1.29, 1.82) is 0 Å². The maximum Gasteiger partial charge on any atom is 0.222 e. The molecule has 0 aromatic rings. The fraction of sp³-hybridized carbons (Fsp3) is 0.846. The van der Waals surface area contributed by atoms with Crippen LogP contribution in [0, 0.1) is 0 Å². The lowest BCUT2D eigenvalue weighted by molar-refractivity contribution is -0.129. The summed E-state index contributed by atoms with van der Waals surface area (Å²) in [6.45, 7) is 4.47. The van der Waals surface area contributed by atoms with Crippen molar-refractivity contribution in [3.05, 3.63) is 0 Å². The van der Waals surface area contributed by atoms with Gasteiger partial charge in [0, 0.05) is 38.0 Å². The molecular weight excluding hydrogens is 266 g/mol. The van der Waals surface area contributed by atoms with E-state index in [2.05, 4.69) is 10.6 Å². The first-order valence-corrected chi connectivity index (χ1v) is 6.95. The minimum absolute atomic E-state index is 0. The smallest absolute Gasteiger partial charge is 0.222 e. The van der Waals surface area contributed by atoms with Crippen molar-refractivity contribution in [3.63, 3.8) is 0 Å². The Morgan fingerprint density at radius 1 is 1.53 bits per heavy atom. The summed E-state index contributed by atoms with van der Waals surface area (Å²) in [5.74, 6) is 0.308. The van der Waals surface area contributed by atoms with E-state index in [1.165, 1.54) is 0 Å².